The second kappa shape index (κ2) is 10.5. The van der Waals surface area contributed by atoms with Crippen LogP contribution in [0.15, 0.2) is 12.3 Å². The quantitative estimate of drug-likeness (QED) is 0.352. The Morgan fingerprint density at radius 2 is 2.00 bits per heavy atom. The summed E-state index contributed by atoms with van der Waals surface area (Å²) in [5.41, 5.74) is 1.42. The van der Waals surface area contributed by atoms with Gasteiger partial charge < -0.3 is 19.7 Å². The highest BCUT2D eigenvalue weighted by atomic mass is 19.4. The fourth-order valence-corrected chi connectivity index (χ4v) is 8.16. The topological polar surface area (TPSA) is 91.4 Å². The van der Waals surface area contributed by atoms with E-state index < -0.39 is 24.0 Å². The van der Waals surface area contributed by atoms with Crippen molar-refractivity contribution in [1.82, 2.24) is 30.4 Å². The lowest BCUT2D eigenvalue weighted by atomic mass is 9.90. The minimum absolute atomic E-state index is 0.0437. The molecule has 6 heterocycles. The molecule has 3 saturated heterocycles. The van der Waals surface area contributed by atoms with E-state index in [1.165, 1.54) is 19.2 Å². The molecular formula is C32H39F4N7O2. The molecule has 3 aromatic rings. The molecule has 8 rings (SSSR count). The van der Waals surface area contributed by atoms with Crippen molar-refractivity contribution in [3.63, 3.8) is 0 Å². The Morgan fingerprint density at radius 3 is 2.73 bits per heavy atom. The van der Waals surface area contributed by atoms with Gasteiger partial charge in [-0.05, 0) is 57.6 Å². The van der Waals surface area contributed by atoms with Crippen LogP contribution in [0.4, 0.5) is 23.4 Å². The molecule has 4 atom stereocenters. The number of fused-ring (bicyclic) bond motifs is 4. The molecule has 1 saturated carbocycles. The standard InChI is InChI=1S/C32H39F4N7O2/c1-18-9-24-21(11-37-41-24)26(27(18)32(34,35)36)25-10-23-22(14-44-25)28(43-13-20-3-5-30(2,15-43)40-20)39-29(38-23)45-17-31(6-7-31)16-42-8-4-19(33)12-42/h9,11,19-20,25,40H,3-8,10,12-17H2,1-2H3,(H,37,41)/t19-,20-,25?,30-/m1/s1. The fourth-order valence-electron chi connectivity index (χ4n) is 8.16. The van der Waals surface area contributed by atoms with Crippen molar-refractivity contribution < 1.29 is 27.0 Å². The Hall–Kier alpha value is -3.03. The van der Waals surface area contributed by atoms with E-state index >= 15 is 0 Å². The fraction of sp³-hybridized carbons (Fsp3) is 0.656. The number of rotatable bonds is 7. The SMILES string of the molecule is Cc1cc2[nH]ncc2c(C2Cc3nc(OCC4(CN5CC[C@@H](F)C5)CC4)nc(N4C[C@H]5CC[C@](C)(C4)N5)c3CO2)c1C(F)(F)F. The van der Waals surface area contributed by atoms with Crippen molar-refractivity contribution in [3.8, 4) is 6.01 Å². The van der Waals surface area contributed by atoms with Gasteiger partial charge in [-0.3, -0.25) is 10.00 Å². The molecule has 1 aromatic carbocycles. The van der Waals surface area contributed by atoms with Crippen molar-refractivity contribution in [2.45, 2.75) is 89.0 Å². The van der Waals surface area contributed by atoms with Crippen LogP contribution in [-0.4, -0.2) is 82.1 Å². The van der Waals surface area contributed by atoms with Gasteiger partial charge in [0.1, 0.15) is 12.0 Å². The summed E-state index contributed by atoms with van der Waals surface area (Å²) in [7, 11) is 0. The van der Waals surface area contributed by atoms with Crippen LogP contribution in [0.5, 0.6) is 6.01 Å². The van der Waals surface area contributed by atoms with Gasteiger partial charge in [-0.2, -0.15) is 28.2 Å². The van der Waals surface area contributed by atoms with Crippen molar-refractivity contribution >= 4 is 16.7 Å². The Balaban J connectivity index is 1.14. The summed E-state index contributed by atoms with van der Waals surface area (Å²) in [5, 5.41) is 11.0. The number of piperazine rings is 1. The number of anilines is 1. The molecule has 5 aliphatic rings. The maximum atomic E-state index is 14.5. The van der Waals surface area contributed by atoms with Gasteiger partial charge in [0.15, 0.2) is 0 Å². The zero-order valence-electron chi connectivity index (χ0n) is 25.6. The van der Waals surface area contributed by atoms with Crippen LogP contribution in [-0.2, 0) is 23.9 Å². The van der Waals surface area contributed by atoms with Gasteiger partial charge in [0.25, 0.3) is 0 Å². The van der Waals surface area contributed by atoms with Crippen LogP contribution in [0.1, 0.15) is 73.1 Å². The number of nitrogens with zero attached hydrogens (tertiary/aromatic N) is 5. The third kappa shape index (κ3) is 5.44. The molecule has 242 valence electrons. The molecule has 45 heavy (non-hydrogen) atoms. The van der Waals surface area contributed by atoms with Crippen molar-refractivity contribution in [2.24, 2.45) is 5.41 Å². The number of nitrogens with one attached hydrogen (secondary N) is 2. The summed E-state index contributed by atoms with van der Waals surface area (Å²) in [6, 6.07) is 2.06. The van der Waals surface area contributed by atoms with E-state index in [9.17, 15) is 17.6 Å². The molecular weight excluding hydrogens is 590 g/mol. The summed E-state index contributed by atoms with van der Waals surface area (Å²) in [6.07, 6.45) is 0.101. The number of aromatic amines is 1. The van der Waals surface area contributed by atoms with Gasteiger partial charge in [0.05, 0.1) is 42.3 Å². The number of hydrogen-bond acceptors (Lipinski definition) is 8. The lowest BCUT2D eigenvalue weighted by molar-refractivity contribution is -0.140. The first-order valence-electron chi connectivity index (χ1n) is 16.0. The number of H-pyrrole nitrogens is 1. The maximum Gasteiger partial charge on any atom is 0.417 e. The Bertz CT molecular complexity index is 1620. The van der Waals surface area contributed by atoms with E-state index in [1.54, 1.807) is 0 Å². The average Bonchev–Trinajstić information content (AvgIpc) is 3.24. The summed E-state index contributed by atoms with van der Waals surface area (Å²) < 4.78 is 70.0. The van der Waals surface area contributed by atoms with E-state index in [0.29, 0.717) is 42.2 Å². The van der Waals surface area contributed by atoms with Crippen molar-refractivity contribution in [3.05, 3.63) is 40.2 Å². The first kappa shape index (κ1) is 29.4. The molecule has 4 fully saturated rings. The predicted molar refractivity (Wildman–Crippen MR) is 159 cm³/mol. The molecule has 9 nitrogen and oxygen atoms in total. The van der Waals surface area contributed by atoms with Gasteiger partial charge in [-0.25, -0.2) is 4.39 Å². The van der Waals surface area contributed by atoms with Crippen LogP contribution in [0.25, 0.3) is 10.9 Å². The molecule has 2 bridgehead atoms. The van der Waals surface area contributed by atoms with E-state index in [1.807, 2.05) is 0 Å². The largest absolute Gasteiger partial charge is 0.463 e. The molecule has 1 aliphatic carbocycles. The second-order valence-electron chi connectivity index (χ2n) is 14.3. The number of hydrogen-bond donors (Lipinski definition) is 2. The lowest BCUT2D eigenvalue weighted by Crippen LogP contribution is -2.58. The molecule has 1 unspecified atom stereocenters. The number of aryl methyl sites for hydroxylation is 1. The molecule has 0 spiro atoms. The number of likely N-dealkylation sites (tertiary alicyclic amines) is 1. The van der Waals surface area contributed by atoms with Gasteiger partial charge in [-0.15, -0.1) is 0 Å². The Kier molecular flexibility index (Phi) is 6.85. The summed E-state index contributed by atoms with van der Waals surface area (Å²) in [6.45, 7) is 7.75. The molecule has 0 radical (unpaired) electrons. The number of ether oxygens (including phenoxy) is 2. The number of benzene rings is 1. The third-order valence-corrected chi connectivity index (χ3v) is 10.6. The van der Waals surface area contributed by atoms with Gasteiger partial charge in [0, 0.05) is 72.7 Å². The normalized spacial score (nSPS) is 29.4. The summed E-state index contributed by atoms with van der Waals surface area (Å²) in [5.74, 6) is 0.742. The lowest BCUT2D eigenvalue weighted by Gasteiger charge is -2.41. The highest BCUT2D eigenvalue weighted by molar-refractivity contribution is 5.85. The average molecular weight is 630 g/mol. The van der Waals surface area contributed by atoms with Crippen molar-refractivity contribution in [2.75, 3.05) is 44.2 Å². The minimum Gasteiger partial charge on any atom is -0.463 e. The predicted octanol–water partition coefficient (Wildman–Crippen LogP) is 5.03. The van der Waals surface area contributed by atoms with Crippen LogP contribution >= 0.6 is 0 Å². The van der Waals surface area contributed by atoms with Crippen molar-refractivity contribution in [1.29, 1.82) is 0 Å². The van der Waals surface area contributed by atoms with Gasteiger partial charge in [0.2, 0.25) is 0 Å². The van der Waals surface area contributed by atoms with Crippen LogP contribution in [0.3, 0.4) is 0 Å². The van der Waals surface area contributed by atoms with E-state index in [-0.39, 0.29) is 41.1 Å². The van der Waals surface area contributed by atoms with Gasteiger partial charge in [-0.1, -0.05) is 0 Å². The van der Waals surface area contributed by atoms with E-state index in [4.69, 9.17) is 19.4 Å². The molecule has 4 aliphatic heterocycles. The minimum atomic E-state index is -4.56. The highest BCUT2D eigenvalue weighted by Gasteiger charge is 2.47. The van der Waals surface area contributed by atoms with Gasteiger partial charge >= 0.3 is 12.2 Å². The first-order valence-corrected chi connectivity index (χ1v) is 16.0. The maximum absolute atomic E-state index is 14.5. The summed E-state index contributed by atoms with van der Waals surface area (Å²) >= 11 is 0. The van der Waals surface area contributed by atoms with E-state index in [0.717, 1.165) is 63.2 Å². The van der Waals surface area contributed by atoms with Crippen LogP contribution in [0, 0.1) is 12.3 Å². The number of aromatic nitrogens is 4. The molecule has 0 amide bonds. The zero-order valence-corrected chi connectivity index (χ0v) is 25.6. The van der Waals surface area contributed by atoms with E-state index in [2.05, 4.69) is 32.2 Å². The number of alkyl halides is 4. The summed E-state index contributed by atoms with van der Waals surface area (Å²) in [4.78, 5) is 14.2. The Morgan fingerprint density at radius 1 is 1.16 bits per heavy atom. The number of halogens is 4. The Labute approximate surface area is 259 Å². The van der Waals surface area contributed by atoms with Crippen LogP contribution in [0.2, 0.25) is 0 Å². The monoisotopic (exact) mass is 629 g/mol. The zero-order chi connectivity index (χ0) is 31.1. The third-order valence-electron chi connectivity index (χ3n) is 10.6. The second-order valence-corrected chi connectivity index (χ2v) is 14.3. The molecule has 13 heteroatoms. The highest BCUT2D eigenvalue weighted by Crippen LogP contribution is 2.48. The molecule has 2 N–H and O–H groups in total. The molecule has 2 aromatic heterocycles. The first-order chi connectivity index (χ1) is 21.5. The smallest absolute Gasteiger partial charge is 0.417 e. The van der Waals surface area contributed by atoms with Crippen LogP contribution < -0.4 is 15.0 Å².